The molecule has 2 aromatic rings. The molecular formula is C23H30BrNO3. The molecule has 0 aliphatic carbocycles. The Balaban J connectivity index is 2.15. The summed E-state index contributed by atoms with van der Waals surface area (Å²) in [7, 11) is 0. The summed E-state index contributed by atoms with van der Waals surface area (Å²) in [4.78, 5) is 27.3. The summed E-state index contributed by atoms with van der Waals surface area (Å²) in [6, 6.07) is 6.31. The topological polar surface area (TPSA) is 46.6 Å². The van der Waals surface area contributed by atoms with Gasteiger partial charge in [0, 0.05) is 22.1 Å². The molecule has 1 aliphatic heterocycles. The van der Waals surface area contributed by atoms with Crippen LogP contribution in [-0.4, -0.2) is 13.2 Å². The zero-order chi connectivity index (χ0) is 20.7. The normalized spacial score (nSPS) is 20.6. The van der Waals surface area contributed by atoms with Crippen LogP contribution >= 0.6 is 15.9 Å². The van der Waals surface area contributed by atoms with Gasteiger partial charge >= 0.3 is 0 Å². The van der Waals surface area contributed by atoms with E-state index in [0.717, 1.165) is 29.5 Å². The van der Waals surface area contributed by atoms with Gasteiger partial charge in [-0.1, -0.05) is 56.0 Å². The van der Waals surface area contributed by atoms with Crippen molar-refractivity contribution in [2.75, 3.05) is 18.1 Å². The maximum atomic E-state index is 12.7. The Bertz CT molecular complexity index is 942. The van der Waals surface area contributed by atoms with Gasteiger partial charge in [-0.2, -0.15) is 0 Å². The predicted molar refractivity (Wildman–Crippen MR) is 119 cm³/mol. The van der Waals surface area contributed by atoms with Crippen molar-refractivity contribution in [3.05, 3.63) is 54.2 Å². The van der Waals surface area contributed by atoms with E-state index in [1.165, 1.54) is 18.4 Å². The molecule has 152 valence electrons. The van der Waals surface area contributed by atoms with Crippen molar-refractivity contribution in [3.63, 3.8) is 0 Å². The summed E-state index contributed by atoms with van der Waals surface area (Å²) >= 11 is 3.60. The van der Waals surface area contributed by atoms with Crippen LogP contribution < -0.4 is 20.5 Å². The maximum absolute atomic E-state index is 12.7. The van der Waals surface area contributed by atoms with Crippen LogP contribution in [0.5, 0.6) is 5.75 Å². The van der Waals surface area contributed by atoms with Crippen LogP contribution in [0.15, 0.2) is 32.3 Å². The largest absolute Gasteiger partial charge is 0.489 e. The van der Waals surface area contributed by atoms with Gasteiger partial charge in [0.25, 0.3) is 5.43 Å². The first-order valence-corrected chi connectivity index (χ1v) is 11.0. The number of unbranched alkanes of at least 4 members (excludes halogenated alkanes) is 3. The minimum absolute atomic E-state index is 0.258. The van der Waals surface area contributed by atoms with E-state index in [1.807, 2.05) is 13.0 Å². The summed E-state index contributed by atoms with van der Waals surface area (Å²) < 4.78 is 6.65. The molecule has 0 N–H and O–H groups in total. The molecule has 0 radical (unpaired) electrons. The number of anilines is 1. The molecule has 0 bridgehead atoms. The second-order valence-corrected chi connectivity index (χ2v) is 9.28. The lowest BCUT2D eigenvalue weighted by Crippen LogP contribution is -2.58. The van der Waals surface area contributed by atoms with Crippen molar-refractivity contribution in [2.24, 2.45) is 0 Å². The number of ether oxygens (including phenoxy) is 1. The Hall–Kier alpha value is -1.62. The van der Waals surface area contributed by atoms with Gasteiger partial charge in [0.05, 0.1) is 17.7 Å². The van der Waals surface area contributed by atoms with E-state index < -0.39 is 16.4 Å². The lowest BCUT2D eigenvalue weighted by molar-refractivity contribution is 0.257. The number of rotatable bonds is 8. The van der Waals surface area contributed by atoms with Gasteiger partial charge in [-0.15, -0.1) is 0 Å². The maximum Gasteiger partial charge on any atom is 0.268 e. The Morgan fingerprint density at radius 1 is 1.04 bits per heavy atom. The third kappa shape index (κ3) is 2.94. The molecule has 0 fully saturated rings. The Labute approximate surface area is 175 Å². The fourth-order valence-corrected chi connectivity index (χ4v) is 5.03. The smallest absolute Gasteiger partial charge is 0.268 e. The van der Waals surface area contributed by atoms with E-state index >= 15 is 0 Å². The summed E-state index contributed by atoms with van der Waals surface area (Å²) in [5.74, 6) is 0.258. The van der Waals surface area contributed by atoms with Crippen molar-refractivity contribution in [1.29, 1.82) is 0 Å². The first-order valence-electron chi connectivity index (χ1n) is 10.3. The van der Waals surface area contributed by atoms with Crippen LogP contribution in [0.1, 0.15) is 71.4 Å². The molecule has 4 nitrogen and oxygen atoms in total. The monoisotopic (exact) mass is 447 g/mol. The Morgan fingerprint density at radius 2 is 1.75 bits per heavy atom. The fraction of sp³-hybridized carbons (Fsp3) is 0.565. The van der Waals surface area contributed by atoms with E-state index in [4.69, 9.17) is 4.74 Å². The molecule has 0 saturated heterocycles. The third-order valence-corrected chi connectivity index (χ3v) is 7.05. The lowest BCUT2D eigenvalue weighted by Gasteiger charge is -2.46. The number of halogens is 1. The van der Waals surface area contributed by atoms with Crippen LogP contribution in [0.4, 0.5) is 5.69 Å². The summed E-state index contributed by atoms with van der Waals surface area (Å²) in [6.07, 6.45) is 4.58. The van der Waals surface area contributed by atoms with Crippen molar-refractivity contribution in [2.45, 2.75) is 71.3 Å². The van der Waals surface area contributed by atoms with Crippen molar-refractivity contribution in [1.82, 2.24) is 0 Å². The molecule has 3 rings (SSSR count). The Kier molecular flexibility index (Phi) is 5.77. The molecule has 0 spiro atoms. The average molecular weight is 448 g/mol. The van der Waals surface area contributed by atoms with Gasteiger partial charge in [-0.05, 0) is 44.0 Å². The standard InChI is InChI=1S/C23H30BrNO3/c1-6-8-9-10-13-25-17-12-11-15(24)14-16(17)22(3,4)23(25,5)18-19(26)20(27)21(18)28-7-2/h11-12,14H,6-10,13H2,1-5H3. The highest BCUT2D eigenvalue weighted by molar-refractivity contribution is 9.10. The molecule has 0 amide bonds. The van der Waals surface area contributed by atoms with Gasteiger partial charge in [0.15, 0.2) is 5.75 Å². The number of benzene rings is 1. The molecule has 1 atom stereocenters. The minimum Gasteiger partial charge on any atom is -0.489 e. The fourth-order valence-electron chi connectivity index (χ4n) is 4.67. The molecule has 1 aliphatic rings. The van der Waals surface area contributed by atoms with Crippen LogP contribution in [0.2, 0.25) is 0 Å². The lowest BCUT2D eigenvalue weighted by atomic mass is 9.66. The van der Waals surface area contributed by atoms with Gasteiger partial charge in [-0.3, -0.25) is 9.59 Å². The summed E-state index contributed by atoms with van der Waals surface area (Å²) in [5.41, 5.74) is 0.995. The van der Waals surface area contributed by atoms with Gasteiger partial charge < -0.3 is 9.64 Å². The number of hydrogen-bond acceptors (Lipinski definition) is 4. The van der Waals surface area contributed by atoms with Gasteiger partial charge in [0.2, 0.25) is 5.43 Å². The van der Waals surface area contributed by atoms with E-state index in [9.17, 15) is 9.59 Å². The first kappa shape index (κ1) is 21.1. The van der Waals surface area contributed by atoms with Crippen LogP contribution in [-0.2, 0) is 11.0 Å². The first-order chi connectivity index (χ1) is 13.2. The zero-order valence-corrected chi connectivity index (χ0v) is 19.1. The third-order valence-electron chi connectivity index (χ3n) is 6.56. The molecule has 5 heteroatoms. The molecule has 2 aromatic carbocycles. The van der Waals surface area contributed by atoms with E-state index in [0.29, 0.717) is 12.2 Å². The Morgan fingerprint density at radius 3 is 2.39 bits per heavy atom. The van der Waals surface area contributed by atoms with E-state index in [1.54, 1.807) is 0 Å². The van der Waals surface area contributed by atoms with Crippen LogP contribution in [0, 0.1) is 0 Å². The molecule has 28 heavy (non-hydrogen) atoms. The average Bonchev–Trinajstić information content (AvgIpc) is 2.82. The van der Waals surface area contributed by atoms with E-state index in [2.05, 4.69) is 60.7 Å². The number of hydrogen-bond donors (Lipinski definition) is 0. The van der Waals surface area contributed by atoms with Crippen LogP contribution in [0.3, 0.4) is 0 Å². The highest BCUT2D eigenvalue weighted by atomic mass is 79.9. The summed E-state index contributed by atoms with van der Waals surface area (Å²) in [6.45, 7) is 11.7. The molecule has 0 saturated carbocycles. The number of fused-ring (bicyclic) bond motifs is 1. The second kappa shape index (κ2) is 7.66. The quantitative estimate of drug-likeness (QED) is 0.420. The summed E-state index contributed by atoms with van der Waals surface area (Å²) in [5, 5.41) is 0. The number of nitrogens with zero attached hydrogens (tertiary/aromatic N) is 1. The second-order valence-electron chi connectivity index (χ2n) is 8.37. The predicted octanol–water partition coefficient (Wildman–Crippen LogP) is 5.04. The molecule has 0 aromatic heterocycles. The van der Waals surface area contributed by atoms with E-state index in [-0.39, 0.29) is 11.2 Å². The minimum atomic E-state index is -0.627. The van der Waals surface area contributed by atoms with Gasteiger partial charge in [0.1, 0.15) is 0 Å². The highest BCUT2D eigenvalue weighted by Crippen LogP contribution is 2.57. The molecule has 1 unspecified atom stereocenters. The zero-order valence-electron chi connectivity index (χ0n) is 17.5. The van der Waals surface area contributed by atoms with Gasteiger partial charge in [-0.25, -0.2) is 0 Å². The highest BCUT2D eigenvalue weighted by Gasteiger charge is 2.58. The van der Waals surface area contributed by atoms with Crippen molar-refractivity contribution in [3.8, 4) is 5.75 Å². The van der Waals surface area contributed by atoms with Crippen molar-refractivity contribution >= 4 is 21.6 Å². The van der Waals surface area contributed by atoms with Crippen LogP contribution in [0.25, 0.3) is 0 Å². The van der Waals surface area contributed by atoms with Crippen molar-refractivity contribution < 1.29 is 4.74 Å². The molecule has 1 heterocycles. The SMILES string of the molecule is CCCCCCN1c2ccc(Br)cc2C(C)(C)C1(C)c1c(OCC)c(=O)c1=O. The molecular weight excluding hydrogens is 418 g/mol.